The molecule has 0 aliphatic carbocycles. The predicted octanol–water partition coefficient (Wildman–Crippen LogP) is 2.64. The molecule has 0 amide bonds. The van der Waals surface area contributed by atoms with Crippen molar-refractivity contribution in [2.45, 2.75) is 27.2 Å². The highest BCUT2D eigenvalue weighted by Gasteiger charge is 2.15. The van der Waals surface area contributed by atoms with Crippen LogP contribution < -0.4 is 5.30 Å². The molecule has 1 atom stereocenters. The SMILES string of the molecule is CCc1c(C)c(P)c(F)c(C)c1F. The summed E-state index contributed by atoms with van der Waals surface area (Å²) >= 11 is 0. The van der Waals surface area contributed by atoms with Gasteiger partial charge in [-0.05, 0) is 31.4 Å². The first-order valence-corrected chi connectivity index (χ1v) is 4.80. The second-order valence-corrected chi connectivity index (χ2v) is 3.70. The quantitative estimate of drug-likeness (QED) is 0.614. The van der Waals surface area contributed by atoms with E-state index in [9.17, 15) is 8.78 Å². The Morgan fingerprint density at radius 3 is 2.08 bits per heavy atom. The van der Waals surface area contributed by atoms with E-state index in [0.717, 1.165) is 0 Å². The molecule has 0 spiro atoms. The molecule has 0 saturated heterocycles. The van der Waals surface area contributed by atoms with Crippen LogP contribution in [0.2, 0.25) is 0 Å². The highest BCUT2D eigenvalue weighted by molar-refractivity contribution is 7.27. The predicted molar refractivity (Wildman–Crippen MR) is 54.6 cm³/mol. The van der Waals surface area contributed by atoms with Crippen molar-refractivity contribution in [3.8, 4) is 0 Å². The van der Waals surface area contributed by atoms with E-state index in [1.165, 1.54) is 6.92 Å². The molecule has 0 aliphatic rings. The zero-order chi connectivity index (χ0) is 10.2. The number of hydrogen-bond acceptors (Lipinski definition) is 0. The summed E-state index contributed by atoms with van der Waals surface area (Å²) in [6.07, 6.45) is 0.597. The number of benzene rings is 1. The maximum absolute atomic E-state index is 13.5. The van der Waals surface area contributed by atoms with Crippen LogP contribution in [0.3, 0.4) is 0 Å². The van der Waals surface area contributed by atoms with Crippen molar-refractivity contribution in [1.29, 1.82) is 0 Å². The van der Waals surface area contributed by atoms with Crippen molar-refractivity contribution >= 4 is 14.5 Å². The molecule has 1 aromatic rings. The third kappa shape index (κ3) is 1.60. The van der Waals surface area contributed by atoms with Gasteiger partial charge in [-0.25, -0.2) is 8.78 Å². The molecule has 1 unspecified atom stereocenters. The van der Waals surface area contributed by atoms with Crippen molar-refractivity contribution in [2.75, 3.05) is 0 Å². The molecule has 0 bridgehead atoms. The maximum Gasteiger partial charge on any atom is 0.136 e. The number of halogens is 2. The lowest BCUT2D eigenvalue weighted by Crippen LogP contribution is -2.12. The molecule has 0 radical (unpaired) electrons. The van der Waals surface area contributed by atoms with Crippen LogP contribution in [0.5, 0.6) is 0 Å². The molecule has 0 saturated carbocycles. The lowest BCUT2D eigenvalue weighted by molar-refractivity contribution is 0.561. The van der Waals surface area contributed by atoms with Crippen LogP contribution in [-0.2, 0) is 6.42 Å². The minimum Gasteiger partial charge on any atom is -0.206 e. The van der Waals surface area contributed by atoms with Crippen molar-refractivity contribution in [2.24, 2.45) is 0 Å². The summed E-state index contributed by atoms with van der Waals surface area (Å²) in [5, 5.41) is 0.482. The first kappa shape index (κ1) is 10.6. The maximum atomic E-state index is 13.5. The molecule has 0 nitrogen and oxygen atoms in total. The Kier molecular flexibility index (Phi) is 3.02. The summed E-state index contributed by atoms with van der Waals surface area (Å²) in [5.41, 5.74) is 1.43. The van der Waals surface area contributed by atoms with Gasteiger partial charge in [-0.1, -0.05) is 6.92 Å². The van der Waals surface area contributed by atoms with Gasteiger partial charge in [0.15, 0.2) is 0 Å². The molecule has 0 aromatic heterocycles. The lowest BCUT2D eigenvalue weighted by atomic mass is 10.0. The van der Waals surface area contributed by atoms with Gasteiger partial charge in [-0.15, -0.1) is 9.24 Å². The third-order valence-corrected chi connectivity index (χ3v) is 3.06. The topological polar surface area (TPSA) is 0 Å². The number of rotatable bonds is 1. The van der Waals surface area contributed by atoms with Crippen molar-refractivity contribution in [3.63, 3.8) is 0 Å². The average molecular weight is 202 g/mol. The van der Waals surface area contributed by atoms with Gasteiger partial charge in [-0.3, -0.25) is 0 Å². The van der Waals surface area contributed by atoms with Crippen LogP contribution in [0.4, 0.5) is 8.78 Å². The zero-order valence-electron chi connectivity index (χ0n) is 8.04. The Balaban J connectivity index is 3.56. The first-order chi connectivity index (χ1) is 6.00. The van der Waals surface area contributed by atoms with Gasteiger partial charge in [0.1, 0.15) is 11.6 Å². The summed E-state index contributed by atoms with van der Waals surface area (Å²) in [7, 11) is 2.32. The van der Waals surface area contributed by atoms with E-state index in [1.54, 1.807) is 6.92 Å². The van der Waals surface area contributed by atoms with Gasteiger partial charge >= 0.3 is 0 Å². The molecule has 72 valence electrons. The Morgan fingerprint density at radius 1 is 1.08 bits per heavy atom. The average Bonchev–Trinajstić information content (AvgIpc) is 2.13. The lowest BCUT2D eigenvalue weighted by Gasteiger charge is -2.12. The van der Waals surface area contributed by atoms with Gasteiger partial charge in [0.25, 0.3) is 0 Å². The van der Waals surface area contributed by atoms with E-state index in [2.05, 4.69) is 9.24 Å². The molecule has 3 heteroatoms. The summed E-state index contributed by atoms with van der Waals surface area (Å²) in [6.45, 7) is 5.08. The van der Waals surface area contributed by atoms with E-state index < -0.39 is 11.6 Å². The van der Waals surface area contributed by atoms with E-state index in [1.807, 2.05) is 6.92 Å². The number of hydrogen-bond donors (Lipinski definition) is 0. The third-order valence-electron chi connectivity index (χ3n) is 2.37. The Morgan fingerprint density at radius 2 is 1.62 bits per heavy atom. The first-order valence-electron chi connectivity index (χ1n) is 4.23. The van der Waals surface area contributed by atoms with Gasteiger partial charge < -0.3 is 0 Å². The highest BCUT2D eigenvalue weighted by atomic mass is 31.0. The van der Waals surface area contributed by atoms with Gasteiger partial charge in [0, 0.05) is 10.9 Å². The smallest absolute Gasteiger partial charge is 0.136 e. The summed E-state index contributed by atoms with van der Waals surface area (Å²) in [4.78, 5) is 0. The molecule has 0 aliphatic heterocycles. The summed E-state index contributed by atoms with van der Waals surface area (Å²) in [6, 6.07) is 0. The highest BCUT2D eigenvalue weighted by Crippen LogP contribution is 2.20. The van der Waals surface area contributed by atoms with Gasteiger partial charge in [0.05, 0.1) is 0 Å². The van der Waals surface area contributed by atoms with Gasteiger partial charge in [-0.2, -0.15) is 0 Å². The molecular formula is C10H13F2P. The minimum atomic E-state index is -0.447. The van der Waals surface area contributed by atoms with Crippen LogP contribution in [-0.4, -0.2) is 0 Å². The van der Waals surface area contributed by atoms with Crippen LogP contribution in [0.25, 0.3) is 0 Å². The monoisotopic (exact) mass is 202 g/mol. The van der Waals surface area contributed by atoms with Crippen molar-refractivity contribution in [3.05, 3.63) is 28.3 Å². The Bertz CT molecular complexity index is 316. The van der Waals surface area contributed by atoms with Crippen LogP contribution in [0.15, 0.2) is 0 Å². The molecule has 1 aromatic carbocycles. The normalized spacial score (nSPS) is 10.6. The molecule has 0 fully saturated rings. The molecule has 13 heavy (non-hydrogen) atoms. The fourth-order valence-corrected chi connectivity index (χ4v) is 1.83. The standard InChI is InChI=1S/C10H13F2P/c1-4-7-5(2)10(13)9(12)6(3)8(7)11/h4,13H2,1-3H3. The van der Waals surface area contributed by atoms with Crippen molar-refractivity contribution < 1.29 is 8.78 Å². The van der Waals surface area contributed by atoms with Crippen molar-refractivity contribution in [1.82, 2.24) is 0 Å². The van der Waals surface area contributed by atoms with Crippen LogP contribution in [0.1, 0.15) is 23.6 Å². The van der Waals surface area contributed by atoms with E-state index in [0.29, 0.717) is 22.9 Å². The van der Waals surface area contributed by atoms with Gasteiger partial charge in [0.2, 0.25) is 0 Å². The van der Waals surface area contributed by atoms with E-state index in [-0.39, 0.29) is 5.56 Å². The zero-order valence-corrected chi connectivity index (χ0v) is 9.20. The van der Waals surface area contributed by atoms with Crippen LogP contribution in [0, 0.1) is 25.5 Å². The summed E-state index contributed by atoms with van der Waals surface area (Å²) < 4.78 is 26.8. The van der Waals surface area contributed by atoms with E-state index >= 15 is 0 Å². The fraction of sp³-hybridized carbons (Fsp3) is 0.400. The second-order valence-electron chi connectivity index (χ2n) is 3.12. The molecule has 1 rings (SSSR count). The van der Waals surface area contributed by atoms with E-state index in [4.69, 9.17) is 0 Å². The Labute approximate surface area is 79.6 Å². The molecular weight excluding hydrogens is 189 g/mol. The summed E-state index contributed by atoms with van der Waals surface area (Å²) in [5.74, 6) is -0.846. The Hall–Kier alpha value is -0.490. The molecule has 0 N–H and O–H groups in total. The molecule has 0 heterocycles. The second kappa shape index (κ2) is 3.71. The minimum absolute atomic E-state index is 0.118. The largest absolute Gasteiger partial charge is 0.206 e. The fourth-order valence-electron chi connectivity index (χ4n) is 1.44. The van der Waals surface area contributed by atoms with Crippen LogP contribution >= 0.6 is 9.24 Å².